The van der Waals surface area contributed by atoms with Crippen molar-refractivity contribution < 1.29 is 14.0 Å². The molecule has 0 saturated heterocycles. The largest absolute Gasteiger partial charge is 0.344 e. The third-order valence-corrected chi connectivity index (χ3v) is 5.41. The summed E-state index contributed by atoms with van der Waals surface area (Å²) in [6.45, 7) is 0. The second-order valence-electron chi connectivity index (χ2n) is 6.19. The minimum Gasteiger partial charge on any atom is -0.344 e. The highest BCUT2D eigenvalue weighted by Gasteiger charge is 2.27. The molecule has 2 aromatic rings. The summed E-state index contributed by atoms with van der Waals surface area (Å²) in [5.74, 6) is -0.508. The van der Waals surface area contributed by atoms with Crippen LogP contribution in [-0.2, 0) is 17.6 Å². The smallest absolute Gasteiger partial charge is 0.263 e. The number of fused-ring (bicyclic) bond motifs is 1. The van der Waals surface area contributed by atoms with Gasteiger partial charge in [0.05, 0.1) is 4.88 Å². The number of benzene rings is 1. The molecule has 0 fully saturated rings. The molecule has 0 unspecified atom stereocenters. The molecule has 0 aliphatic heterocycles. The summed E-state index contributed by atoms with van der Waals surface area (Å²) >= 11 is 1.53. The van der Waals surface area contributed by atoms with E-state index in [1.807, 2.05) is 6.07 Å². The standard InChI is InChI=1S/C18H19FN2O2S/c1-21(2)18(23)16-10-12-9-11(3-8-15(12)24-16)17(22)20-14-6-4-13(19)5-7-14/h4-7,10-11H,3,8-9H2,1-2H3,(H,20,22)/t11-/m1/s1. The maximum absolute atomic E-state index is 12.9. The van der Waals surface area contributed by atoms with Gasteiger partial charge in [0.15, 0.2) is 0 Å². The lowest BCUT2D eigenvalue weighted by atomic mass is 9.87. The molecule has 2 amide bonds. The number of aryl methyl sites for hydroxylation is 1. The van der Waals surface area contributed by atoms with Crippen molar-refractivity contribution in [3.05, 3.63) is 51.5 Å². The van der Waals surface area contributed by atoms with Gasteiger partial charge < -0.3 is 10.2 Å². The fourth-order valence-corrected chi connectivity index (χ4v) is 4.08. The molecule has 3 rings (SSSR count). The lowest BCUT2D eigenvalue weighted by Gasteiger charge is -2.21. The number of nitrogens with one attached hydrogen (secondary N) is 1. The summed E-state index contributed by atoms with van der Waals surface area (Å²) in [7, 11) is 3.47. The van der Waals surface area contributed by atoms with Crippen molar-refractivity contribution in [3.63, 3.8) is 0 Å². The Morgan fingerprint density at radius 1 is 1.25 bits per heavy atom. The highest BCUT2D eigenvalue weighted by Crippen LogP contribution is 2.33. The molecule has 1 aromatic carbocycles. The molecule has 126 valence electrons. The van der Waals surface area contributed by atoms with Crippen molar-refractivity contribution in [1.29, 1.82) is 0 Å². The van der Waals surface area contributed by atoms with Crippen LogP contribution in [0.3, 0.4) is 0 Å². The number of halogens is 1. The molecule has 1 N–H and O–H groups in total. The number of rotatable bonds is 3. The molecule has 1 aliphatic carbocycles. The van der Waals surface area contributed by atoms with Gasteiger partial charge in [-0.2, -0.15) is 0 Å². The first-order valence-corrected chi connectivity index (χ1v) is 8.65. The Kier molecular flexibility index (Phi) is 4.66. The molecular formula is C18H19FN2O2S. The monoisotopic (exact) mass is 346 g/mol. The molecule has 1 aromatic heterocycles. The van der Waals surface area contributed by atoms with Crippen LogP contribution in [0.4, 0.5) is 10.1 Å². The molecule has 1 heterocycles. The normalized spacial score (nSPS) is 16.4. The van der Waals surface area contributed by atoms with Crippen LogP contribution in [0.25, 0.3) is 0 Å². The third kappa shape index (κ3) is 3.48. The Balaban J connectivity index is 1.69. The molecule has 0 saturated carbocycles. The van der Waals surface area contributed by atoms with Crippen molar-refractivity contribution in [3.8, 4) is 0 Å². The minimum atomic E-state index is -0.327. The summed E-state index contributed by atoms with van der Waals surface area (Å²) < 4.78 is 12.9. The topological polar surface area (TPSA) is 49.4 Å². The number of anilines is 1. The SMILES string of the molecule is CN(C)C(=O)c1cc2c(s1)CC[C@@H](C(=O)Nc1ccc(F)cc1)C2. The fourth-order valence-electron chi connectivity index (χ4n) is 2.85. The van der Waals surface area contributed by atoms with Gasteiger partial charge in [0.1, 0.15) is 5.82 Å². The van der Waals surface area contributed by atoms with Crippen LogP contribution >= 0.6 is 11.3 Å². The van der Waals surface area contributed by atoms with Crippen LogP contribution in [0, 0.1) is 11.7 Å². The first-order chi connectivity index (χ1) is 11.4. The Morgan fingerprint density at radius 2 is 1.96 bits per heavy atom. The number of hydrogen-bond donors (Lipinski definition) is 1. The zero-order valence-electron chi connectivity index (χ0n) is 13.6. The second kappa shape index (κ2) is 6.73. The minimum absolute atomic E-state index is 0.00159. The van der Waals surface area contributed by atoms with Gasteiger partial charge in [0.2, 0.25) is 5.91 Å². The summed E-state index contributed by atoms with van der Waals surface area (Å²) in [6, 6.07) is 7.68. The molecule has 0 spiro atoms. The van der Waals surface area contributed by atoms with Crippen LogP contribution in [-0.4, -0.2) is 30.8 Å². The number of thiophene rings is 1. The van der Waals surface area contributed by atoms with Gasteiger partial charge in [0, 0.05) is 30.6 Å². The van der Waals surface area contributed by atoms with Crippen LogP contribution in [0.15, 0.2) is 30.3 Å². The van der Waals surface area contributed by atoms with Crippen LogP contribution in [0.2, 0.25) is 0 Å². The second-order valence-corrected chi connectivity index (χ2v) is 7.33. The van der Waals surface area contributed by atoms with E-state index in [1.54, 1.807) is 31.1 Å². The van der Waals surface area contributed by atoms with Gasteiger partial charge in [0.25, 0.3) is 5.91 Å². The van der Waals surface area contributed by atoms with E-state index < -0.39 is 0 Å². The average Bonchev–Trinajstić information content (AvgIpc) is 2.99. The third-order valence-electron chi connectivity index (χ3n) is 4.18. The van der Waals surface area contributed by atoms with Gasteiger partial charge in [-0.05, 0) is 55.2 Å². The average molecular weight is 346 g/mol. The Morgan fingerprint density at radius 3 is 2.62 bits per heavy atom. The van der Waals surface area contributed by atoms with E-state index >= 15 is 0 Å². The maximum Gasteiger partial charge on any atom is 0.263 e. The van der Waals surface area contributed by atoms with Crippen molar-refractivity contribution in [1.82, 2.24) is 4.90 Å². The number of amides is 2. The fraction of sp³-hybridized carbons (Fsp3) is 0.333. The molecule has 1 aliphatic rings. The first-order valence-electron chi connectivity index (χ1n) is 7.83. The van der Waals surface area contributed by atoms with E-state index in [2.05, 4.69) is 5.32 Å². The number of carbonyl (C=O) groups is 2. The predicted molar refractivity (Wildman–Crippen MR) is 92.9 cm³/mol. The lowest BCUT2D eigenvalue weighted by Crippen LogP contribution is -2.27. The molecular weight excluding hydrogens is 327 g/mol. The van der Waals surface area contributed by atoms with Crippen LogP contribution < -0.4 is 5.32 Å². The van der Waals surface area contributed by atoms with Crippen LogP contribution in [0.5, 0.6) is 0 Å². The quantitative estimate of drug-likeness (QED) is 0.927. The summed E-state index contributed by atoms with van der Waals surface area (Å²) in [5.41, 5.74) is 1.69. The predicted octanol–water partition coefficient (Wildman–Crippen LogP) is 3.33. The molecule has 0 bridgehead atoms. The van der Waals surface area contributed by atoms with Crippen molar-refractivity contribution in [2.75, 3.05) is 19.4 Å². The van der Waals surface area contributed by atoms with Gasteiger partial charge in [-0.3, -0.25) is 9.59 Å². The first kappa shape index (κ1) is 16.6. The number of nitrogens with zero attached hydrogens (tertiary/aromatic N) is 1. The van der Waals surface area contributed by atoms with Crippen LogP contribution in [0.1, 0.15) is 26.5 Å². The lowest BCUT2D eigenvalue weighted by molar-refractivity contribution is -0.120. The van der Waals surface area contributed by atoms with Gasteiger partial charge >= 0.3 is 0 Å². The van der Waals surface area contributed by atoms with Crippen molar-refractivity contribution in [2.45, 2.75) is 19.3 Å². The maximum atomic E-state index is 12.9. The number of carbonyl (C=O) groups excluding carboxylic acids is 2. The molecule has 0 radical (unpaired) electrons. The molecule has 24 heavy (non-hydrogen) atoms. The zero-order chi connectivity index (χ0) is 17.3. The van der Waals surface area contributed by atoms with E-state index in [0.717, 1.165) is 23.3 Å². The molecule has 4 nitrogen and oxygen atoms in total. The Bertz CT molecular complexity index is 768. The summed E-state index contributed by atoms with van der Waals surface area (Å²) in [4.78, 5) is 28.0. The summed E-state index contributed by atoms with van der Waals surface area (Å²) in [5, 5.41) is 2.84. The van der Waals surface area contributed by atoms with Gasteiger partial charge in [-0.25, -0.2) is 4.39 Å². The van der Waals surface area contributed by atoms with E-state index in [1.165, 1.54) is 28.3 Å². The highest BCUT2D eigenvalue weighted by atomic mass is 32.1. The van der Waals surface area contributed by atoms with E-state index in [-0.39, 0.29) is 23.5 Å². The van der Waals surface area contributed by atoms with Gasteiger partial charge in [-0.1, -0.05) is 0 Å². The van der Waals surface area contributed by atoms with Crippen molar-refractivity contribution in [2.24, 2.45) is 5.92 Å². The molecule has 1 atom stereocenters. The van der Waals surface area contributed by atoms with Crippen molar-refractivity contribution >= 4 is 28.8 Å². The van der Waals surface area contributed by atoms with E-state index in [0.29, 0.717) is 12.1 Å². The number of hydrogen-bond acceptors (Lipinski definition) is 3. The highest BCUT2D eigenvalue weighted by molar-refractivity contribution is 7.14. The molecule has 6 heteroatoms. The van der Waals surface area contributed by atoms with E-state index in [4.69, 9.17) is 0 Å². The zero-order valence-corrected chi connectivity index (χ0v) is 14.5. The summed E-state index contributed by atoms with van der Waals surface area (Å²) in [6.07, 6.45) is 2.21. The Labute approximate surface area is 144 Å². The van der Waals surface area contributed by atoms with Gasteiger partial charge in [-0.15, -0.1) is 11.3 Å². The Hall–Kier alpha value is -2.21. The van der Waals surface area contributed by atoms with E-state index in [9.17, 15) is 14.0 Å².